The average Bonchev–Trinajstić information content (AvgIpc) is 2.04. The highest BCUT2D eigenvalue weighted by atomic mass is 19.1. The van der Waals surface area contributed by atoms with Crippen molar-refractivity contribution in [3.8, 4) is 0 Å². The third-order valence-corrected chi connectivity index (χ3v) is 2.08. The highest BCUT2D eigenvalue weighted by Gasteiger charge is 2.31. The molecule has 2 nitrogen and oxygen atoms in total. The molecule has 70 valence electrons. The lowest BCUT2D eigenvalue weighted by Gasteiger charge is -2.20. The molecular weight excluding hydrogens is 171 g/mol. The van der Waals surface area contributed by atoms with Gasteiger partial charge in [-0.1, -0.05) is 18.2 Å². The fourth-order valence-electron chi connectivity index (χ4n) is 1.05. The Kier molecular flexibility index (Phi) is 2.48. The Bertz CT molecular complexity index is 331. The molecule has 0 heterocycles. The highest BCUT2D eigenvalue weighted by Crippen LogP contribution is 2.23. The molecule has 0 radical (unpaired) electrons. The van der Waals surface area contributed by atoms with Crippen LogP contribution in [0, 0.1) is 5.82 Å². The zero-order valence-corrected chi connectivity index (χ0v) is 7.54. The van der Waals surface area contributed by atoms with Crippen LogP contribution >= 0.6 is 0 Å². The second-order valence-electron chi connectivity index (χ2n) is 3.11. The van der Waals surface area contributed by atoms with Crippen molar-refractivity contribution < 1.29 is 14.3 Å². The molecule has 3 heteroatoms. The molecule has 1 aromatic rings. The summed E-state index contributed by atoms with van der Waals surface area (Å²) in [5.74, 6) is -1.04. The molecular formula is C10H11FO2. The maximum Gasteiger partial charge on any atom is 0.165 e. The Labute approximate surface area is 76.0 Å². The van der Waals surface area contributed by atoms with E-state index in [-0.39, 0.29) is 5.56 Å². The Hall–Kier alpha value is -1.22. The highest BCUT2D eigenvalue weighted by molar-refractivity contribution is 5.85. The number of carbonyl (C=O) groups is 1. The lowest BCUT2D eigenvalue weighted by molar-refractivity contribution is -0.134. The number of aliphatic hydroxyl groups is 1. The van der Waals surface area contributed by atoms with E-state index in [4.69, 9.17) is 0 Å². The number of benzene rings is 1. The van der Waals surface area contributed by atoms with Gasteiger partial charge in [-0.05, 0) is 19.9 Å². The predicted octanol–water partition coefficient (Wildman–Crippen LogP) is 1.62. The topological polar surface area (TPSA) is 37.3 Å². The van der Waals surface area contributed by atoms with Gasteiger partial charge in [-0.25, -0.2) is 4.39 Å². The molecule has 0 aliphatic rings. The molecule has 0 amide bonds. The maximum atomic E-state index is 13.1. The van der Waals surface area contributed by atoms with Crippen LogP contribution in [-0.4, -0.2) is 10.9 Å². The summed E-state index contributed by atoms with van der Waals surface area (Å²) in [7, 11) is 0. The SMILES string of the molecule is CC(=O)[C@@](C)(O)c1ccccc1F. The Morgan fingerprint density at radius 2 is 2.00 bits per heavy atom. The zero-order chi connectivity index (χ0) is 10.1. The van der Waals surface area contributed by atoms with Crippen molar-refractivity contribution in [2.75, 3.05) is 0 Å². The summed E-state index contributed by atoms with van der Waals surface area (Å²) in [5.41, 5.74) is -1.71. The van der Waals surface area contributed by atoms with Crippen molar-refractivity contribution in [3.05, 3.63) is 35.6 Å². The summed E-state index contributed by atoms with van der Waals surface area (Å²) in [4.78, 5) is 11.0. The summed E-state index contributed by atoms with van der Waals surface area (Å²) in [6.07, 6.45) is 0. The third kappa shape index (κ3) is 1.75. The van der Waals surface area contributed by atoms with E-state index in [0.29, 0.717) is 0 Å². The van der Waals surface area contributed by atoms with Crippen molar-refractivity contribution >= 4 is 5.78 Å². The summed E-state index contributed by atoms with van der Waals surface area (Å²) in [6, 6.07) is 5.70. The number of hydrogen-bond donors (Lipinski definition) is 1. The summed E-state index contributed by atoms with van der Waals surface area (Å²) < 4.78 is 13.1. The van der Waals surface area contributed by atoms with Gasteiger partial charge in [-0.15, -0.1) is 0 Å². The first-order valence-corrected chi connectivity index (χ1v) is 3.94. The molecule has 1 rings (SSSR count). The van der Waals surface area contributed by atoms with E-state index in [0.717, 1.165) is 0 Å². The molecule has 0 aromatic heterocycles. The van der Waals surface area contributed by atoms with Gasteiger partial charge in [0.15, 0.2) is 5.78 Å². The van der Waals surface area contributed by atoms with Crippen molar-refractivity contribution in [3.63, 3.8) is 0 Å². The third-order valence-electron chi connectivity index (χ3n) is 2.08. The first-order chi connectivity index (χ1) is 5.96. The summed E-state index contributed by atoms with van der Waals surface area (Å²) >= 11 is 0. The van der Waals surface area contributed by atoms with Crippen LogP contribution in [0.15, 0.2) is 24.3 Å². The summed E-state index contributed by atoms with van der Waals surface area (Å²) in [6.45, 7) is 2.51. The molecule has 0 saturated heterocycles. The van der Waals surface area contributed by atoms with E-state index in [1.807, 2.05) is 0 Å². The molecule has 1 atom stereocenters. The van der Waals surface area contributed by atoms with Crippen LogP contribution in [0.4, 0.5) is 4.39 Å². The van der Waals surface area contributed by atoms with Gasteiger partial charge in [0.05, 0.1) is 0 Å². The second kappa shape index (κ2) is 3.26. The van der Waals surface area contributed by atoms with Gasteiger partial charge in [0.25, 0.3) is 0 Å². The van der Waals surface area contributed by atoms with Gasteiger partial charge < -0.3 is 5.11 Å². The minimum Gasteiger partial charge on any atom is -0.377 e. The Balaban J connectivity index is 3.22. The van der Waals surface area contributed by atoms with Gasteiger partial charge in [-0.3, -0.25) is 4.79 Å². The van der Waals surface area contributed by atoms with Gasteiger partial charge in [0.1, 0.15) is 11.4 Å². The molecule has 1 N–H and O–H groups in total. The monoisotopic (exact) mass is 182 g/mol. The van der Waals surface area contributed by atoms with Crippen molar-refractivity contribution in [2.24, 2.45) is 0 Å². The molecule has 0 saturated carbocycles. The number of rotatable bonds is 2. The number of Topliss-reactive ketones (excluding diaryl/α,β-unsaturated/α-hetero) is 1. The Morgan fingerprint density at radius 1 is 1.46 bits per heavy atom. The predicted molar refractivity (Wildman–Crippen MR) is 46.7 cm³/mol. The number of ketones is 1. The van der Waals surface area contributed by atoms with E-state index < -0.39 is 17.2 Å². The standard InChI is InChI=1S/C10H11FO2/c1-7(12)10(2,13)8-5-3-4-6-9(8)11/h3-6,13H,1-2H3/t10-/m1/s1. The van der Waals surface area contributed by atoms with Gasteiger partial charge in [0.2, 0.25) is 0 Å². The van der Waals surface area contributed by atoms with Crippen LogP contribution in [0.5, 0.6) is 0 Å². The minimum absolute atomic E-state index is 0.0162. The molecule has 0 spiro atoms. The van der Waals surface area contributed by atoms with Crippen LogP contribution in [0.1, 0.15) is 19.4 Å². The van der Waals surface area contributed by atoms with Crippen molar-refractivity contribution in [1.29, 1.82) is 0 Å². The quantitative estimate of drug-likeness (QED) is 0.754. The maximum absolute atomic E-state index is 13.1. The number of hydrogen-bond acceptors (Lipinski definition) is 2. The first-order valence-electron chi connectivity index (χ1n) is 3.94. The molecule has 0 aliphatic heterocycles. The lowest BCUT2D eigenvalue weighted by Crippen LogP contribution is -2.30. The van der Waals surface area contributed by atoms with E-state index in [1.54, 1.807) is 6.07 Å². The van der Waals surface area contributed by atoms with Crippen LogP contribution in [0.3, 0.4) is 0 Å². The van der Waals surface area contributed by atoms with Crippen LogP contribution < -0.4 is 0 Å². The van der Waals surface area contributed by atoms with Gasteiger partial charge in [-0.2, -0.15) is 0 Å². The van der Waals surface area contributed by atoms with Crippen LogP contribution in [-0.2, 0) is 10.4 Å². The second-order valence-corrected chi connectivity index (χ2v) is 3.11. The molecule has 0 bridgehead atoms. The molecule has 0 unspecified atom stereocenters. The molecule has 0 fully saturated rings. The van der Waals surface area contributed by atoms with Gasteiger partial charge >= 0.3 is 0 Å². The van der Waals surface area contributed by atoms with Crippen molar-refractivity contribution in [1.82, 2.24) is 0 Å². The first kappa shape index (κ1) is 9.86. The van der Waals surface area contributed by atoms with E-state index in [1.165, 1.54) is 32.0 Å². The normalized spacial score (nSPS) is 15.1. The molecule has 1 aromatic carbocycles. The van der Waals surface area contributed by atoms with E-state index >= 15 is 0 Å². The lowest BCUT2D eigenvalue weighted by atomic mass is 9.92. The fraction of sp³-hybridized carbons (Fsp3) is 0.300. The number of carbonyl (C=O) groups excluding carboxylic acids is 1. The summed E-state index contributed by atoms with van der Waals surface area (Å²) in [5, 5.41) is 9.65. The van der Waals surface area contributed by atoms with Crippen LogP contribution in [0.2, 0.25) is 0 Å². The minimum atomic E-state index is -1.73. The van der Waals surface area contributed by atoms with Gasteiger partial charge in [0, 0.05) is 5.56 Å². The zero-order valence-electron chi connectivity index (χ0n) is 7.54. The molecule has 13 heavy (non-hydrogen) atoms. The van der Waals surface area contributed by atoms with E-state index in [2.05, 4.69) is 0 Å². The molecule has 0 aliphatic carbocycles. The van der Waals surface area contributed by atoms with Crippen molar-refractivity contribution in [2.45, 2.75) is 19.4 Å². The largest absolute Gasteiger partial charge is 0.377 e. The van der Waals surface area contributed by atoms with Crippen LogP contribution in [0.25, 0.3) is 0 Å². The van der Waals surface area contributed by atoms with E-state index in [9.17, 15) is 14.3 Å². The number of halogens is 1. The average molecular weight is 182 g/mol. The fourth-order valence-corrected chi connectivity index (χ4v) is 1.05. The Morgan fingerprint density at radius 3 is 2.46 bits per heavy atom. The smallest absolute Gasteiger partial charge is 0.165 e.